The first-order valence-electron chi connectivity index (χ1n) is 12.7. The second-order valence-corrected chi connectivity index (χ2v) is 11.3. The molecular weight excluding hydrogens is 472 g/mol. The molecule has 1 atom stereocenters. The molecule has 3 heterocycles. The molecule has 0 unspecified atom stereocenters. The molecule has 2 aliphatic rings. The molecule has 1 aromatic heterocycles. The second kappa shape index (κ2) is 11.1. The van der Waals surface area contributed by atoms with Crippen LogP contribution in [0, 0.1) is 12.8 Å². The number of rotatable bonds is 7. The van der Waals surface area contributed by atoms with E-state index < -0.39 is 0 Å². The van der Waals surface area contributed by atoms with Gasteiger partial charge in [-0.25, -0.2) is 0 Å². The first-order chi connectivity index (χ1) is 17.5. The van der Waals surface area contributed by atoms with E-state index in [1.54, 1.807) is 24.5 Å². The number of hydrogen-bond donors (Lipinski definition) is 1. The number of benzene rings is 2. The molecule has 192 valence electrons. The van der Waals surface area contributed by atoms with E-state index in [9.17, 15) is 5.11 Å². The summed E-state index contributed by atoms with van der Waals surface area (Å²) >= 11 is 1.80. The van der Waals surface area contributed by atoms with Crippen molar-refractivity contribution in [2.24, 2.45) is 5.92 Å². The molecule has 5 rings (SSSR count). The van der Waals surface area contributed by atoms with Gasteiger partial charge in [-0.05, 0) is 69.3 Å². The summed E-state index contributed by atoms with van der Waals surface area (Å²) in [6, 6.07) is 14.2. The van der Waals surface area contributed by atoms with Crippen molar-refractivity contribution >= 4 is 11.3 Å². The van der Waals surface area contributed by atoms with Gasteiger partial charge in [-0.3, -0.25) is 4.90 Å². The average molecular weight is 509 g/mol. The van der Waals surface area contributed by atoms with Crippen LogP contribution >= 0.6 is 11.3 Å². The molecule has 3 aromatic rings. The minimum atomic E-state index is 0.254. The van der Waals surface area contributed by atoms with Crippen molar-refractivity contribution < 1.29 is 19.3 Å². The van der Waals surface area contributed by atoms with Crippen molar-refractivity contribution in [3.63, 3.8) is 0 Å². The number of ether oxygens (including phenoxy) is 3. The highest BCUT2D eigenvalue weighted by Gasteiger charge is 2.24. The predicted octanol–water partition coefficient (Wildman–Crippen LogP) is 5.55. The molecule has 6 nitrogen and oxygen atoms in total. The summed E-state index contributed by atoms with van der Waals surface area (Å²) in [6.45, 7) is 7.78. The molecule has 0 bridgehead atoms. The number of hydrogen-bond acceptors (Lipinski definition) is 7. The van der Waals surface area contributed by atoms with E-state index in [4.69, 9.17) is 14.2 Å². The Bertz CT molecular complexity index is 1190. The van der Waals surface area contributed by atoms with Crippen molar-refractivity contribution in [3.05, 3.63) is 58.5 Å². The maximum atomic E-state index is 10.5. The van der Waals surface area contributed by atoms with Crippen LogP contribution in [0.3, 0.4) is 0 Å². The van der Waals surface area contributed by atoms with Crippen LogP contribution in [0.2, 0.25) is 0 Å². The Hall–Kier alpha value is -2.74. The van der Waals surface area contributed by atoms with Gasteiger partial charge in [0.25, 0.3) is 0 Å². The molecule has 1 saturated heterocycles. The van der Waals surface area contributed by atoms with Crippen LogP contribution in [0.25, 0.3) is 10.4 Å². The third-order valence-electron chi connectivity index (χ3n) is 7.09. The van der Waals surface area contributed by atoms with E-state index in [1.165, 1.54) is 34.7 Å². The van der Waals surface area contributed by atoms with E-state index in [2.05, 4.69) is 48.0 Å². The van der Waals surface area contributed by atoms with E-state index in [-0.39, 0.29) is 5.75 Å². The standard InChI is InChI=1S/C29H36N2O4S/c1-20-6-9-28(36-20)23-13-24-18-31(17-22-7-8-25(33-3)15-26(22)32)11-12-34-29(24)27(14-23)35-19-21-5-4-10-30(2)16-21/h6-9,13-15,21,32H,4-5,10-12,16-19H2,1-3H3/t21-/m1/s1. The number of phenolic OH excluding ortho intramolecular Hbond substituents is 1. The van der Waals surface area contributed by atoms with Crippen LogP contribution in [-0.2, 0) is 13.1 Å². The molecule has 0 aliphatic carbocycles. The second-order valence-electron chi connectivity index (χ2n) is 10.0. The third kappa shape index (κ3) is 5.80. The Labute approximate surface area is 218 Å². The Morgan fingerprint density at radius 3 is 2.78 bits per heavy atom. The van der Waals surface area contributed by atoms with Crippen molar-refractivity contribution in [2.75, 3.05) is 47.0 Å². The summed E-state index contributed by atoms with van der Waals surface area (Å²) in [5.41, 5.74) is 3.17. The minimum absolute atomic E-state index is 0.254. The van der Waals surface area contributed by atoms with Crippen LogP contribution < -0.4 is 14.2 Å². The zero-order valence-corrected chi connectivity index (χ0v) is 22.3. The van der Waals surface area contributed by atoms with Crippen molar-refractivity contribution in [3.8, 4) is 33.4 Å². The fraction of sp³-hybridized carbons (Fsp3) is 0.448. The Morgan fingerprint density at radius 2 is 2.03 bits per heavy atom. The first kappa shape index (κ1) is 24.9. The summed E-state index contributed by atoms with van der Waals surface area (Å²) in [7, 11) is 3.80. The van der Waals surface area contributed by atoms with Crippen LogP contribution in [0.15, 0.2) is 42.5 Å². The molecule has 0 radical (unpaired) electrons. The number of likely N-dealkylation sites (tertiary alicyclic amines) is 1. The number of thiophene rings is 1. The number of aryl methyl sites for hydroxylation is 1. The molecule has 1 N–H and O–H groups in total. The van der Waals surface area contributed by atoms with Gasteiger partial charge in [-0.1, -0.05) is 6.07 Å². The van der Waals surface area contributed by atoms with E-state index in [1.807, 2.05) is 12.1 Å². The lowest BCUT2D eigenvalue weighted by Crippen LogP contribution is -2.34. The van der Waals surface area contributed by atoms with Crippen molar-refractivity contribution in [1.29, 1.82) is 0 Å². The number of methoxy groups -OCH3 is 1. The minimum Gasteiger partial charge on any atom is -0.507 e. The first-order valence-corrected chi connectivity index (χ1v) is 13.6. The molecule has 1 fully saturated rings. The number of nitrogens with zero attached hydrogens (tertiary/aromatic N) is 2. The summed E-state index contributed by atoms with van der Waals surface area (Å²) in [5.74, 6) is 3.15. The summed E-state index contributed by atoms with van der Waals surface area (Å²) in [6.07, 6.45) is 2.43. The van der Waals surface area contributed by atoms with Gasteiger partial charge in [0.1, 0.15) is 18.1 Å². The Kier molecular flexibility index (Phi) is 7.70. The van der Waals surface area contributed by atoms with Gasteiger partial charge in [-0.2, -0.15) is 0 Å². The van der Waals surface area contributed by atoms with Crippen molar-refractivity contribution in [1.82, 2.24) is 9.80 Å². The highest BCUT2D eigenvalue weighted by atomic mass is 32.1. The molecule has 0 saturated carbocycles. The molecule has 2 aromatic carbocycles. The number of aromatic hydroxyl groups is 1. The van der Waals surface area contributed by atoms with Gasteiger partial charge in [-0.15, -0.1) is 11.3 Å². The van der Waals surface area contributed by atoms with Gasteiger partial charge in [0.05, 0.1) is 13.7 Å². The molecule has 7 heteroatoms. The smallest absolute Gasteiger partial charge is 0.165 e. The normalized spacial score (nSPS) is 18.8. The predicted molar refractivity (Wildman–Crippen MR) is 144 cm³/mol. The average Bonchev–Trinajstić information content (AvgIpc) is 3.20. The summed E-state index contributed by atoms with van der Waals surface area (Å²) in [4.78, 5) is 7.24. The molecule has 2 aliphatic heterocycles. The third-order valence-corrected chi connectivity index (χ3v) is 8.14. The summed E-state index contributed by atoms with van der Waals surface area (Å²) < 4.78 is 18.1. The van der Waals surface area contributed by atoms with Crippen molar-refractivity contribution in [2.45, 2.75) is 32.9 Å². The quantitative estimate of drug-likeness (QED) is 0.451. The lowest BCUT2D eigenvalue weighted by Gasteiger charge is -2.29. The summed E-state index contributed by atoms with van der Waals surface area (Å²) in [5, 5.41) is 10.5. The van der Waals surface area contributed by atoms with E-state index >= 15 is 0 Å². The highest BCUT2D eigenvalue weighted by Crippen LogP contribution is 2.41. The fourth-order valence-electron chi connectivity index (χ4n) is 5.17. The molecule has 0 amide bonds. The van der Waals surface area contributed by atoms with Gasteiger partial charge in [0, 0.05) is 59.0 Å². The van der Waals surface area contributed by atoms with Gasteiger partial charge < -0.3 is 24.2 Å². The van der Waals surface area contributed by atoms with Gasteiger partial charge >= 0.3 is 0 Å². The topological polar surface area (TPSA) is 54.4 Å². The molecule has 0 spiro atoms. The van der Waals surface area contributed by atoms with Gasteiger partial charge in [0.15, 0.2) is 11.5 Å². The lowest BCUT2D eigenvalue weighted by atomic mass is 9.99. The SMILES string of the molecule is COc1ccc(CN2CCOc3c(cc(-c4ccc(C)s4)cc3OC[C@@H]3CCCN(C)C3)C2)c(O)c1. The van der Waals surface area contributed by atoms with Crippen LogP contribution in [0.5, 0.6) is 23.0 Å². The lowest BCUT2D eigenvalue weighted by molar-refractivity contribution is 0.146. The van der Waals surface area contributed by atoms with E-state index in [0.29, 0.717) is 31.4 Å². The maximum Gasteiger partial charge on any atom is 0.165 e. The zero-order chi connectivity index (χ0) is 25.1. The highest BCUT2D eigenvalue weighted by molar-refractivity contribution is 7.15. The largest absolute Gasteiger partial charge is 0.507 e. The van der Waals surface area contributed by atoms with Gasteiger partial charge in [0.2, 0.25) is 0 Å². The van der Waals surface area contributed by atoms with Crippen LogP contribution in [0.1, 0.15) is 28.8 Å². The monoisotopic (exact) mass is 508 g/mol. The van der Waals surface area contributed by atoms with Crippen LogP contribution in [-0.4, -0.2) is 61.9 Å². The Morgan fingerprint density at radius 1 is 1.14 bits per heavy atom. The Balaban J connectivity index is 1.41. The fourth-order valence-corrected chi connectivity index (χ4v) is 6.03. The zero-order valence-electron chi connectivity index (χ0n) is 21.5. The molecular formula is C29H36N2O4S. The number of fused-ring (bicyclic) bond motifs is 1. The number of phenols is 1. The maximum absolute atomic E-state index is 10.5. The molecule has 36 heavy (non-hydrogen) atoms. The van der Waals surface area contributed by atoms with Crippen LogP contribution in [0.4, 0.5) is 0 Å². The van der Waals surface area contributed by atoms with E-state index in [0.717, 1.165) is 42.3 Å². The number of piperidine rings is 1.